The van der Waals surface area contributed by atoms with E-state index in [0.717, 1.165) is 18.7 Å². The van der Waals surface area contributed by atoms with Gasteiger partial charge in [0.25, 0.3) is 5.91 Å². The normalized spacial score (nSPS) is 15.7. The van der Waals surface area contributed by atoms with Gasteiger partial charge in [-0.25, -0.2) is 0 Å². The van der Waals surface area contributed by atoms with E-state index in [-0.39, 0.29) is 5.91 Å². The summed E-state index contributed by atoms with van der Waals surface area (Å²) in [5.74, 6) is 0.000185. The lowest BCUT2D eigenvalue weighted by molar-refractivity contribution is 0.0681. The van der Waals surface area contributed by atoms with Gasteiger partial charge in [-0.3, -0.25) is 4.79 Å². The number of halogens is 1. The minimum atomic E-state index is 0.000185. The van der Waals surface area contributed by atoms with E-state index in [1.807, 2.05) is 26.1 Å². The summed E-state index contributed by atoms with van der Waals surface area (Å²) in [5.41, 5.74) is 1.53. The zero-order valence-electron chi connectivity index (χ0n) is 9.46. The van der Waals surface area contributed by atoms with Crippen molar-refractivity contribution in [2.75, 3.05) is 20.1 Å². The summed E-state index contributed by atoms with van der Waals surface area (Å²) in [6, 6.07) is 5.84. The van der Waals surface area contributed by atoms with Gasteiger partial charge in [-0.2, -0.15) is 0 Å². The van der Waals surface area contributed by atoms with Crippen LogP contribution in [0.3, 0.4) is 0 Å². The van der Waals surface area contributed by atoms with Crippen LogP contribution in [0, 0.1) is 6.92 Å². The van der Waals surface area contributed by atoms with Crippen molar-refractivity contribution in [1.29, 1.82) is 0 Å². The molecule has 1 saturated heterocycles. The van der Waals surface area contributed by atoms with Gasteiger partial charge in [-0.15, -0.1) is 0 Å². The maximum atomic E-state index is 12.2. The van der Waals surface area contributed by atoms with E-state index < -0.39 is 0 Å². The lowest BCUT2D eigenvalue weighted by Crippen LogP contribution is -2.57. The number of hydrogen-bond donors (Lipinski definition) is 1. The average Bonchev–Trinajstić information content (AvgIpc) is 2.18. The van der Waals surface area contributed by atoms with Crippen molar-refractivity contribution < 1.29 is 4.79 Å². The molecule has 0 aliphatic carbocycles. The molecule has 1 fully saturated rings. The molecule has 1 aromatic rings. The fraction of sp³-hybridized carbons (Fsp3) is 0.417. The first-order valence-electron chi connectivity index (χ1n) is 5.34. The maximum Gasteiger partial charge on any atom is 0.255 e. The SMILES string of the molecule is Cc1cccc(C(=O)N(C)C2CNC2)c1Cl. The molecule has 86 valence electrons. The Morgan fingerprint density at radius 1 is 1.50 bits per heavy atom. The highest BCUT2D eigenvalue weighted by molar-refractivity contribution is 6.34. The molecule has 16 heavy (non-hydrogen) atoms. The minimum Gasteiger partial charge on any atom is -0.336 e. The third-order valence-corrected chi connectivity index (χ3v) is 3.55. The van der Waals surface area contributed by atoms with Gasteiger partial charge in [0.05, 0.1) is 16.6 Å². The molecule has 1 heterocycles. The number of hydrogen-bond acceptors (Lipinski definition) is 2. The molecule has 1 aliphatic heterocycles. The molecule has 0 unspecified atom stereocenters. The van der Waals surface area contributed by atoms with Gasteiger partial charge in [0.15, 0.2) is 0 Å². The smallest absolute Gasteiger partial charge is 0.255 e. The summed E-state index contributed by atoms with van der Waals surface area (Å²) in [5, 5.41) is 3.71. The van der Waals surface area contributed by atoms with E-state index in [1.165, 1.54) is 0 Å². The average molecular weight is 239 g/mol. The predicted octanol–water partition coefficient (Wildman–Crippen LogP) is 1.69. The van der Waals surface area contributed by atoms with Gasteiger partial charge in [0.1, 0.15) is 0 Å². The first-order valence-corrected chi connectivity index (χ1v) is 5.72. The number of amides is 1. The summed E-state index contributed by atoms with van der Waals surface area (Å²) in [4.78, 5) is 13.9. The third-order valence-electron chi connectivity index (χ3n) is 3.05. The number of rotatable bonds is 2. The van der Waals surface area contributed by atoms with E-state index in [4.69, 9.17) is 11.6 Å². The number of carbonyl (C=O) groups is 1. The first-order chi connectivity index (χ1) is 7.61. The highest BCUT2D eigenvalue weighted by Crippen LogP contribution is 2.22. The molecule has 2 rings (SSSR count). The van der Waals surface area contributed by atoms with Crippen LogP contribution < -0.4 is 5.32 Å². The van der Waals surface area contributed by atoms with E-state index in [1.54, 1.807) is 11.0 Å². The summed E-state index contributed by atoms with van der Waals surface area (Å²) in [7, 11) is 1.83. The van der Waals surface area contributed by atoms with Crippen molar-refractivity contribution in [3.8, 4) is 0 Å². The van der Waals surface area contributed by atoms with Crippen molar-refractivity contribution in [3.63, 3.8) is 0 Å². The molecule has 0 atom stereocenters. The Hall–Kier alpha value is -1.06. The van der Waals surface area contributed by atoms with Gasteiger partial charge in [-0.1, -0.05) is 23.7 Å². The molecule has 1 aliphatic rings. The van der Waals surface area contributed by atoms with Crippen LogP contribution >= 0.6 is 11.6 Å². The van der Waals surface area contributed by atoms with Crippen LogP contribution in [0.1, 0.15) is 15.9 Å². The number of aryl methyl sites for hydroxylation is 1. The quantitative estimate of drug-likeness (QED) is 0.851. The lowest BCUT2D eigenvalue weighted by atomic mass is 10.1. The van der Waals surface area contributed by atoms with Gasteiger partial charge in [0.2, 0.25) is 0 Å². The third kappa shape index (κ3) is 1.93. The zero-order chi connectivity index (χ0) is 11.7. The Bertz CT molecular complexity index is 415. The van der Waals surface area contributed by atoms with Crippen molar-refractivity contribution in [2.24, 2.45) is 0 Å². The number of benzene rings is 1. The van der Waals surface area contributed by atoms with Gasteiger partial charge < -0.3 is 10.2 Å². The highest BCUT2D eigenvalue weighted by Gasteiger charge is 2.27. The van der Waals surface area contributed by atoms with E-state index in [9.17, 15) is 4.79 Å². The molecule has 0 spiro atoms. The molecular formula is C12H15ClN2O. The second-order valence-electron chi connectivity index (χ2n) is 4.16. The number of carbonyl (C=O) groups excluding carboxylic acids is 1. The van der Waals surface area contributed by atoms with E-state index >= 15 is 0 Å². The van der Waals surface area contributed by atoms with Crippen LogP contribution in [0.25, 0.3) is 0 Å². The van der Waals surface area contributed by atoms with Crippen LogP contribution in [0.5, 0.6) is 0 Å². The fourth-order valence-electron chi connectivity index (χ4n) is 1.72. The molecule has 4 heteroatoms. The van der Waals surface area contributed by atoms with Gasteiger partial charge in [0, 0.05) is 20.1 Å². The van der Waals surface area contributed by atoms with Crippen molar-refractivity contribution in [3.05, 3.63) is 34.3 Å². The lowest BCUT2D eigenvalue weighted by Gasteiger charge is -2.35. The van der Waals surface area contributed by atoms with Crippen molar-refractivity contribution >= 4 is 17.5 Å². The Morgan fingerprint density at radius 3 is 2.75 bits per heavy atom. The van der Waals surface area contributed by atoms with Crippen LogP contribution in [-0.4, -0.2) is 37.0 Å². The molecule has 1 amide bonds. The fourth-order valence-corrected chi connectivity index (χ4v) is 1.92. The van der Waals surface area contributed by atoms with Gasteiger partial charge in [-0.05, 0) is 18.6 Å². The standard InChI is InChI=1S/C12H15ClN2O/c1-8-4-3-5-10(11(8)13)12(16)15(2)9-6-14-7-9/h3-5,9,14H,6-7H2,1-2H3. The minimum absolute atomic E-state index is 0.000185. The largest absolute Gasteiger partial charge is 0.336 e. The van der Waals surface area contributed by atoms with E-state index in [2.05, 4.69) is 5.32 Å². The Labute approximate surface area is 100 Å². The molecule has 0 aromatic heterocycles. The number of likely N-dealkylation sites (N-methyl/N-ethyl adjacent to an activating group) is 1. The molecule has 3 nitrogen and oxygen atoms in total. The Morgan fingerprint density at radius 2 is 2.19 bits per heavy atom. The molecule has 1 aromatic carbocycles. The van der Waals surface area contributed by atoms with Crippen LogP contribution in [0.2, 0.25) is 5.02 Å². The monoisotopic (exact) mass is 238 g/mol. The summed E-state index contributed by atoms with van der Waals surface area (Å²) in [6.45, 7) is 3.64. The number of nitrogens with one attached hydrogen (secondary N) is 1. The Kier molecular flexibility index (Phi) is 3.17. The predicted molar refractivity (Wildman–Crippen MR) is 64.9 cm³/mol. The van der Waals surface area contributed by atoms with Crippen LogP contribution in [0.15, 0.2) is 18.2 Å². The summed E-state index contributed by atoms with van der Waals surface area (Å²) >= 11 is 6.13. The molecule has 0 bridgehead atoms. The summed E-state index contributed by atoms with van der Waals surface area (Å²) in [6.07, 6.45) is 0. The molecule has 1 N–H and O–H groups in total. The van der Waals surface area contributed by atoms with Gasteiger partial charge >= 0.3 is 0 Å². The molecule has 0 radical (unpaired) electrons. The highest BCUT2D eigenvalue weighted by atomic mass is 35.5. The molecule has 0 saturated carbocycles. The topological polar surface area (TPSA) is 32.3 Å². The number of nitrogens with zero attached hydrogens (tertiary/aromatic N) is 1. The van der Waals surface area contributed by atoms with Crippen LogP contribution in [-0.2, 0) is 0 Å². The Balaban J connectivity index is 2.22. The van der Waals surface area contributed by atoms with E-state index in [0.29, 0.717) is 16.6 Å². The summed E-state index contributed by atoms with van der Waals surface area (Å²) < 4.78 is 0. The molecular weight excluding hydrogens is 224 g/mol. The van der Waals surface area contributed by atoms with Crippen LogP contribution in [0.4, 0.5) is 0 Å². The van der Waals surface area contributed by atoms with Crippen molar-refractivity contribution in [1.82, 2.24) is 10.2 Å². The second kappa shape index (κ2) is 4.44. The maximum absolute atomic E-state index is 12.2. The first kappa shape index (κ1) is 11.4. The zero-order valence-corrected chi connectivity index (χ0v) is 10.2. The van der Waals surface area contributed by atoms with Crippen molar-refractivity contribution in [2.45, 2.75) is 13.0 Å². The second-order valence-corrected chi connectivity index (χ2v) is 4.54.